The summed E-state index contributed by atoms with van der Waals surface area (Å²) in [6.45, 7) is 0. The summed E-state index contributed by atoms with van der Waals surface area (Å²) in [6, 6.07) is 18.7. The molecule has 19 heavy (non-hydrogen) atoms. The molecule has 0 aliphatic carbocycles. The monoisotopic (exact) mass is 263 g/mol. The van der Waals surface area contributed by atoms with E-state index in [1.807, 2.05) is 29.8 Å². The van der Waals surface area contributed by atoms with Crippen LogP contribution >= 0.6 is 11.3 Å². The zero-order valence-corrected chi connectivity index (χ0v) is 11.2. The van der Waals surface area contributed by atoms with Gasteiger partial charge in [0.05, 0.1) is 0 Å². The molecule has 2 heteroatoms. The van der Waals surface area contributed by atoms with Crippen LogP contribution in [0.4, 0.5) is 0 Å². The zero-order chi connectivity index (χ0) is 12.9. The first-order valence-corrected chi connectivity index (χ1v) is 7.03. The van der Waals surface area contributed by atoms with Crippen molar-refractivity contribution in [2.45, 2.75) is 0 Å². The first-order chi connectivity index (χ1) is 9.43. The molecule has 0 saturated heterocycles. The minimum Gasteiger partial charge on any atom is -0.245 e. The number of benzene rings is 2. The van der Waals surface area contributed by atoms with Gasteiger partial charge < -0.3 is 0 Å². The Kier molecular flexibility index (Phi) is 3.52. The lowest BCUT2D eigenvalue weighted by atomic mass is 10.1. The summed E-state index contributed by atoms with van der Waals surface area (Å²) < 4.78 is 0. The van der Waals surface area contributed by atoms with E-state index in [1.54, 1.807) is 11.3 Å². The molecule has 0 fully saturated rings. The highest BCUT2D eigenvalue weighted by Gasteiger charge is 2.03. The van der Waals surface area contributed by atoms with E-state index in [1.165, 1.54) is 16.7 Å². The van der Waals surface area contributed by atoms with Crippen LogP contribution in [0.15, 0.2) is 66.2 Å². The maximum atomic E-state index is 4.39. The minimum atomic E-state index is 1.06. The van der Waals surface area contributed by atoms with Gasteiger partial charge in [-0.2, -0.15) is 0 Å². The van der Waals surface area contributed by atoms with Gasteiger partial charge in [-0.1, -0.05) is 66.7 Å². The minimum absolute atomic E-state index is 1.06. The van der Waals surface area contributed by atoms with Gasteiger partial charge in [0.25, 0.3) is 0 Å². The Bertz CT molecular complexity index is 670. The number of nitrogens with zero attached hydrogens (tertiary/aromatic N) is 1. The molecule has 0 aliphatic heterocycles. The molecule has 1 aromatic heterocycles. The predicted molar refractivity (Wildman–Crippen MR) is 82.9 cm³/mol. The molecule has 0 N–H and O–H groups in total. The average molecular weight is 263 g/mol. The van der Waals surface area contributed by atoms with Crippen molar-refractivity contribution in [2.24, 2.45) is 0 Å². The highest BCUT2D eigenvalue weighted by molar-refractivity contribution is 7.13. The Balaban J connectivity index is 1.96. The molecule has 0 amide bonds. The van der Waals surface area contributed by atoms with Crippen LogP contribution in [-0.4, -0.2) is 4.98 Å². The molecule has 0 radical (unpaired) electrons. The van der Waals surface area contributed by atoms with Crippen molar-refractivity contribution < 1.29 is 0 Å². The predicted octanol–water partition coefficient (Wildman–Crippen LogP) is 4.98. The molecule has 0 bridgehead atoms. The number of aromatic nitrogens is 1. The molecule has 0 aliphatic rings. The third kappa shape index (κ3) is 2.80. The number of hydrogen-bond acceptors (Lipinski definition) is 2. The normalized spacial score (nSPS) is 10.9. The van der Waals surface area contributed by atoms with Gasteiger partial charge in [-0.3, -0.25) is 0 Å². The van der Waals surface area contributed by atoms with Crippen LogP contribution in [0.25, 0.3) is 22.7 Å². The fourth-order valence-electron chi connectivity index (χ4n) is 1.94. The molecule has 92 valence electrons. The van der Waals surface area contributed by atoms with E-state index in [4.69, 9.17) is 0 Å². The lowest BCUT2D eigenvalue weighted by molar-refractivity contribution is 1.41. The largest absolute Gasteiger partial charge is 0.245 e. The quantitative estimate of drug-likeness (QED) is 0.607. The van der Waals surface area contributed by atoms with Gasteiger partial charge >= 0.3 is 0 Å². The lowest BCUT2D eigenvalue weighted by Crippen LogP contribution is -1.81. The first kappa shape index (κ1) is 11.9. The lowest BCUT2D eigenvalue weighted by Gasteiger charge is -2.02. The Morgan fingerprint density at radius 1 is 0.842 bits per heavy atom. The smallest absolute Gasteiger partial charge is 0.123 e. The Morgan fingerprint density at radius 2 is 1.63 bits per heavy atom. The van der Waals surface area contributed by atoms with Gasteiger partial charge in [0, 0.05) is 17.1 Å². The summed E-state index contributed by atoms with van der Waals surface area (Å²) in [4.78, 5) is 4.39. The van der Waals surface area contributed by atoms with Gasteiger partial charge in [-0.15, -0.1) is 11.3 Å². The van der Waals surface area contributed by atoms with Gasteiger partial charge in [-0.25, -0.2) is 4.98 Å². The number of thiazole rings is 1. The van der Waals surface area contributed by atoms with E-state index >= 15 is 0 Å². The van der Waals surface area contributed by atoms with Gasteiger partial charge in [0.2, 0.25) is 0 Å². The molecule has 3 aromatic rings. The standard InChI is InChI=1S/C17H13NS/c1-2-6-14(7-3-1)10-11-15-8-4-5-9-16(15)17-18-12-13-19-17/h1-13H/b11-10+. The first-order valence-electron chi connectivity index (χ1n) is 6.15. The second-order valence-electron chi connectivity index (χ2n) is 4.17. The van der Waals surface area contributed by atoms with Crippen LogP contribution in [0.1, 0.15) is 11.1 Å². The molecular formula is C17H13NS. The third-order valence-corrected chi connectivity index (χ3v) is 3.68. The van der Waals surface area contributed by atoms with Gasteiger partial charge in [0.15, 0.2) is 0 Å². The molecule has 1 nitrogen and oxygen atoms in total. The summed E-state index contributed by atoms with van der Waals surface area (Å²) in [5.74, 6) is 0. The van der Waals surface area contributed by atoms with Crippen molar-refractivity contribution in [3.8, 4) is 10.6 Å². The zero-order valence-electron chi connectivity index (χ0n) is 10.4. The van der Waals surface area contributed by atoms with Gasteiger partial charge in [-0.05, 0) is 11.1 Å². The second kappa shape index (κ2) is 5.63. The molecular weight excluding hydrogens is 250 g/mol. The van der Waals surface area contributed by atoms with E-state index in [2.05, 4.69) is 53.5 Å². The average Bonchev–Trinajstić information content (AvgIpc) is 3.01. The fraction of sp³-hybridized carbons (Fsp3) is 0. The SMILES string of the molecule is C(=C\c1ccccc1-c1nccs1)/c1ccccc1. The van der Waals surface area contributed by atoms with E-state index in [0.717, 1.165) is 5.01 Å². The summed E-state index contributed by atoms with van der Waals surface area (Å²) >= 11 is 1.67. The maximum absolute atomic E-state index is 4.39. The number of rotatable bonds is 3. The molecule has 0 saturated carbocycles. The molecule has 0 atom stereocenters. The fourth-order valence-corrected chi connectivity index (χ4v) is 2.63. The summed E-state index contributed by atoms with van der Waals surface area (Å²) in [6.07, 6.45) is 6.12. The van der Waals surface area contributed by atoms with Crippen LogP contribution in [0.3, 0.4) is 0 Å². The van der Waals surface area contributed by atoms with E-state index in [9.17, 15) is 0 Å². The topological polar surface area (TPSA) is 12.9 Å². The highest BCUT2D eigenvalue weighted by atomic mass is 32.1. The van der Waals surface area contributed by atoms with Crippen LogP contribution < -0.4 is 0 Å². The van der Waals surface area contributed by atoms with Crippen molar-refractivity contribution >= 4 is 23.5 Å². The molecule has 3 rings (SSSR count). The van der Waals surface area contributed by atoms with E-state index < -0.39 is 0 Å². The molecule has 1 heterocycles. The van der Waals surface area contributed by atoms with E-state index in [-0.39, 0.29) is 0 Å². The van der Waals surface area contributed by atoms with Crippen molar-refractivity contribution in [2.75, 3.05) is 0 Å². The van der Waals surface area contributed by atoms with E-state index in [0.29, 0.717) is 0 Å². The van der Waals surface area contributed by atoms with Gasteiger partial charge in [0.1, 0.15) is 5.01 Å². The second-order valence-corrected chi connectivity index (χ2v) is 5.06. The molecule has 2 aromatic carbocycles. The van der Waals surface area contributed by atoms with Crippen LogP contribution in [0.5, 0.6) is 0 Å². The Morgan fingerprint density at radius 3 is 2.42 bits per heavy atom. The molecule has 0 spiro atoms. The summed E-state index contributed by atoms with van der Waals surface area (Å²) in [5, 5.41) is 3.07. The highest BCUT2D eigenvalue weighted by Crippen LogP contribution is 2.26. The van der Waals surface area contributed by atoms with Crippen molar-refractivity contribution in [3.05, 3.63) is 77.3 Å². The third-order valence-electron chi connectivity index (χ3n) is 2.88. The summed E-state index contributed by atoms with van der Waals surface area (Å²) in [7, 11) is 0. The van der Waals surface area contributed by atoms with Crippen LogP contribution in [0, 0.1) is 0 Å². The van der Waals surface area contributed by atoms with Crippen molar-refractivity contribution in [1.82, 2.24) is 4.98 Å². The Hall–Kier alpha value is -2.19. The van der Waals surface area contributed by atoms with Crippen LogP contribution in [0.2, 0.25) is 0 Å². The van der Waals surface area contributed by atoms with Crippen molar-refractivity contribution in [1.29, 1.82) is 0 Å². The van der Waals surface area contributed by atoms with Crippen molar-refractivity contribution in [3.63, 3.8) is 0 Å². The number of hydrogen-bond donors (Lipinski definition) is 0. The maximum Gasteiger partial charge on any atom is 0.123 e. The van der Waals surface area contributed by atoms with Crippen LogP contribution in [-0.2, 0) is 0 Å². The molecule has 0 unspecified atom stereocenters. The Labute approximate surface area is 116 Å². The summed E-state index contributed by atoms with van der Waals surface area (Å²) in [5.41, 5.74) is 3.59.